The number of nitro benzene ring substituents is 1. The van der Waals surface area contributed by atoms with Crippen molar-refractivity contribution in [3.8, 4) is 5.75 Å². The Morgan fingerprint density at radius 2 is 1.90 bits per heavy atom. The molecule has 4 rings (SSSR count). The van der Waals surface area contributed by atoms with Crippen LogP contribution in [0.5, 0.6) is 5.75 Å². The van der Waals surface area contributed by atoms with Crippen molar-refractivity contribution in [3.63, 3.8) is 0 Å². The van der Waals surface area contributed by atoms with Crippen molar-refractivity contribution in [2.75, 3.05) is 19.7 Å². The summed E-state index contributed by atoms with van der Waals surface area (Å²) in [6.07, 6.45) is -1.78. The second-order valence-corrected chi connectivity index (χ2v) is 10.8. The van der Waals surface area contributed by atoms with Crippen LogP contribution in [0.2, 0.25) is 5.15 Å². The van der Waals surface area contributed by atoms with Crippen molar-refractivity contribution in [3.05, 3.63) is 98.9 Å². The van der Waals surface area contributed by atoms with Crippen molar-refractivity contribution < 1.29 is 28.7 Å². The molecule has 0 aliphatic rings. The van der Waals surface area contributed by atoms with Crippen molar-refractivity contribution in [2.45, 2.75) is 39.0 Å². The average Bonchev–Trinajstić information content (AvgIpc) is 3.24. The summed E-state index contributed by atoms with van der Waals surface area (Å²) in [4.78, 5) is 24.9. The second-order valence-electron chi connectivity index (χ2n) is 10.4. The van der Waals surface area contributed by atoms with E-state index in [9.17, 15) is 24.4 Å². The van der Waals surface area contributed by atoms with Gasteiger partial charge in [0.2, 0.25) is 5.82 Å². The zero-order valence-corrected chi connectivity index (χ0v) is 23.5. The number of rotatable bonds is 10. The van der Waals surface area contributed by atoms with Crippen molar-refractivity contribution in [1.82, 2.24) is 14.7 Å². The fourth-order valence-corrected chi connectivity index (χ4v) is 4.42. The number of carbonyl (C=O) groups excluding carboxylic acids is 1. The van der Waals surface area contributed by atoms with E-state index < -0.39 is 34.2 Å². The molecule has 41 heavy (non-hydrogen) atoms. The number of aromatic nitrogens is 2. The first-order valence-electron chi connectivity index (χ1n) is 12.8. The van der Waals surface area contributed by atoms with Crippen LogP contribution in [0.3, 0.4) is 0 Å². The van der Waals surface area contributed by atoms with Gasteiger partial charge in [0.05, 0.1) is 16.5 Å². The third-order valence-corrected chi connectivity index (χ3v) is 6.36. The minimum Gasteiger partial charge on any atom is -0.492 e. The maximum Gasteiger partial charge on any atom is 0.435 e. The maximum atomic E-state index is 13.8. The number of nitrogens with zero attached hydrogens (tertiary/aromatic N) is 4. The number of aliphatic hydroxyl groups excluding tert-OH is 1. The minimum atomic E-state index is -1.11. The number of ether oxygens (including phenoxy) is 2. The highest BCUT2D eigenvalue weighted by molar-refractivity contribution is 6.34. The lowest BCUT2D eigenvalue weighted by Crippen LogP contribution is -2.32. The molecule has 0 unspecified atom stereocenters. The molecule has 0 radical (unpaired) electrons. The summed E-state index contributed by atoms with van der Waals surface area (Å²) in [6.45, 7) is 6.42. The highest BCUT2D eigenvalue weighted by Gasteiger charge is 2.23. The van der Waals surface area contributed by atoms with E-state index in [2.05, 4.69) is 5.10 Å². The highest BCUT2D eigenvalue weighted by Crippen LogP contribution is 2.28. The molecule has 0 amide bonds. The molecule has 4 aromatic rings. The molecule has 10 nitrogen and oxygen atoms in total. The van der Waals surface area contributed by atoms with Crippen LogP contribution in [-0.4, -0.2) is 56.1 Å². The number of carbonyl (C=O) groups is 1. The van der Waals surface area contributed by atoms with Gasteiger partial charge in [-0.15, -0.1) is 5.10 Å². The van der Waals surface area contributed by atoms with E-state index in [0.717, 1.165) is 22.4 Å². The van der Waals surface area contributed by atoms with Crippen LogP contribution in [0.15, 0.2) is 66.7 Å². The van der Waals surface area contributed by atoms with Crippen LogP contribution in [0, 0.1) is 15.9 Å². The highest BCUT2D eigenvalue weighted by atomic mass is 35.5. The SMILES string of the molecule is CC(C)(C)OC(=O)n1nc(Cl)c2ccc(OCCN(Cc3ccccc3)C[C@H](O)c3ccc(F)c([N+](=O)[O-])c3)cc21. The first-order valence-corrected chi connectivity index (χ1v) is 13.2. The van der Waals surface area contributed by atoms with E-state index in [1.54, 1.807) is 39.0 Å². The van der Waals surface area contributed by atoms with Gasteiger partial charge in [-0.3, -0.25) is 15.0 Å². The molecular formula is C29H30ClFN4O6. The van der Waals surface area contributed by atoms with Crippen LogP contribution in [0.25, 0.3) is 10.9 Å². The van der Waals surface area contributed by atoms with Gasteiger partial charge in [-0.25, -0.2) is 4.79 Å². The van der Waals surface area contributed by atoms with Crippen molar-refractivity contribution in [1.29, 1.82) is 0 Å². The number of hydrogen-bond donors (Lipinski definition) is 1. The van der Waals surface area contributed by atoms with Gasteiger partial charge < -0.3 is 14.6 Å². The topological polar surface area (TPSA) is 120 Å². The average molecular weight is 585 g/mol. The molecule has 0 aliphatic carbocycles. The summed E-state index contributed by atoms with van der Waals surface area (Å²) in [5, 5.41) is 26.9. The molecule has 3 aromatic carbocycles. The molecule has 0 saturated heterocycles. The van der Waals surface area contributed by atoms with Gasteiger partial charge in [-0.1, -0.05) is 48.0 Å². The Morgan fingerprint density at radius 1 is 1.17 bits per heavy atom. The minimum absolute atomic E-state index is 0.112. The molecule has 1 N–H and O–H groups in total. The quantitative estimate of drug-likeness (QED) is 0.174. The summed E-state index contributed by atoms with van der Waals surface area (Å²) in [6, 6.07) is 18.0. The zero-order valence-electron chi connectivity index (χ0n) is 22.8. The van der Waals surface area contributed by atoms with Crippen LogP contribution in [0.1, 0.15) is 38.0 Å². The van der Waals surface area contributed by atoms with Crippen molar-refractivity contribution in [2.24, 2.45) is 0 Å². The number of benzene rings is 3. The summed E-state index contributed by atoms with van der Waals surface area (Å²) in [7, 11) is 0. The number of aliphatic hydroxyl groups is 1. The van der Waals surface area contributed by atoms with Gasteiger partial charge >= 0.3 is 11.8 Å². The summed E-state index contributed by atoms with van der Waals surface area (Å²) >= 11 is 6.23. The molecule has 0 bridgehead atoms. The van der Waals surface area contributed by atoms with Gasteiger partial charge in [-0.2, -0.15) is 9.07 Å². The Hall–Kier alpha value is -4.06. The Bertz CT molecular complexity index is 1540. The molecule has 0 spiro atoms. The number of hydrogen-bond acceptors (Lipinski definition) is 8. The molecule has 1 heterocycles. The van der Waals surface area contributed by atoms with Gasteiger partial charge in [0.15, 0.2) is 5.15 Å². The Labute approximate surface area is 241 Å². The smallest absolute Gasteiger partial charge is 0.435 e. The van der Waals surface area contributed by atoms with Crippen LogP contribution in [-0.2, 0) is 11.3 Å². The zero-order chi connectivity index (χ0) is 29.7. The first-order chi connectivity index (χ1) is 19.4. The molecule has 216 valence electrons. The van der Waals surface area contributed by atoms with E-state index in [4.69, 9.17) is 21.1 Å². The second kappa shape index (κ2) is 12.6. The van der Waals surface area contributed by atoms with E-state index in [0.29, 0.717) is 29.7 Å². The number of halogens is 2. The van der Waals surface area contributed by atoms with Crippen LogP contribution < -0.4 is 4.74 Å². The molecule has 0 saturated carbocycles. The molecule has 1 aromatic heterocycles. The van der Waals surface area contributed by atoms with Crippen LogP contribution >= 0.6 is 11.6 Å². The molecule has 12 heteroatoms. The Morgan fingerprint density at radius 3 is 2.59 bits per heavy atom. The monoisotopic (exact) mass is 584 g/mol. The molecule has 1 atom stereocenters. The first kappa shape index (κ1) is 29.9. The largest absolute Gasteiger partial charge is 0.492 e. The summed E-state index contributed by atoms with van der Waals surface area (Å²) in [5.41, 5.74) is 0.232. The lowest BCUT2D eigenvalue weighted by molar-refractivity contribution is -0.387. The Kier molecular flexibility index (Phi) is 9.21. The fraction of sp³-hybridized carbons (Fsp3) is 0.310. The van der Waals surface area contributed by atoms with Gasteiger partial charge in [0, 0.05) is 37.2 Å². The Balaban J connectivity index is 1.49. The molecular weight excluding hydrogens is 555 g/mol. The lowest BCUT2D eigenvalue weighted by atomic mass is 10.1. The predicted octanol–water partition coefficient (Wildman–Crippen LogP) is 6.13. The molecule has 0 aliphatic heterocycles. The normalized spacial score (nSPS) is 12.5. The number of nitro groups is 1. The van der Waals surface area contributed by atoms with E-state index in [-0.39, 0.29) is 23.9 Å². The standard InChI is InChI=1S/C29H30ClFN4O6/c1-29(2,3)41-28(37)34-24-16-21(10-11-22(24)27(30)32-34)40-14-13-33(17-19-7-5-4-6-8-19)18-26(36)20-9-12-23(31)25(15-20)35(38)39/h4-12,15-16,26,36H,13-14,17-18H2,1-3H3/t26-/m0/s1. The van der Waals surface area contributed by atoms with Gasteiger partial charge in [0.1, 0.15) is 18.0 Å². The predicted molar refractivity (Wildman–Crippen MR) is 152 cm³/mol. The van der Waals surface area contributed by atoms with Crippen LogP contribution in [0.4, 0.5) is 14.9 Å². The summed E-state index contributed by atoms with van der Waals surface area (Å²) < 4.78 is 26.3. The third-order valence-electron chi connectivity index (χ3n) is 6.08. The fourth-order valence-electron chi connectivity index (χ4n) is 4.19. The van der Waals surface area contributed by atoms with E-state index in [1.165, 1.54) is 6.07 Å². The number of fused-ring (bicyclic) bond motifs is 1. The van der Waals surface area contributed by atoms with E-state index in [1.807, 2.05) is 35.2 Å². The van der Waals surface area contributed by atoms with Crippen molar-refractivity contribution >= 4 is 34.3 Å². The van der Waals surface area contributed by atoms with Gasteiger partial charge in [-0.05, 0) is 50.1 Å². The van der Waals surface area contributed by atoms with Gasteiger partial charge in [0.25, 0.3) is 0 Å². The lowest BCUT2D eigenvalue weighted by Gasteiger charge is -2.25. The maximum absolute atomic E-state index is 13.8. The third kappa shape index (κ3) is 7.78. The van der Waals surface area contributed by atoms with E-state index >= 15 is 0 Å². The molecule has 0 fully saturated rings. The summed E-state index contributed by atoms with van der Waals surface area (Å²) in [5.74, 6) is -0.500.